The summed E-state index contributed by atoms with van der Waals surface area (Å²) in [5.74, 6) is 1.95. The molecule has 0 unspecified atom stereocenters. The number of carbonyl (C=O) groups is 1. The van der Waals surface area contributed by atoms with E-state index in [4.69, 9.17) is 14.6 Å². The van der Waals surface area contributed by atoms with Crippen LogP contribution in [0.3, 0.4) is 0 Å². The summed E-state index contributed by atoms with van der Waals surface area (Å²) in [5, 5.41) is 1.19. The molecule has 2 N–H and O–H groups in total. The molecule has 0 spiro atoms. The maximum absolute atomic E-state index is 12.5. The van der Waals surface area contributed by atoms with Crippen LogP contribution in [-0.4, -0.2) is 40.1 Å². The molecule has 7 nitrogen and oxygen atoms in total. The summed E-state index contributed by atoms with van der Waals surface area (Å²) < 4.78 is 5.91. The summed E-state index contributed by atoms with van der Waals surface area (Å²) in [6.45, 7) is 3.82. The Kier molecular flexibility index (Phi) is 4.82. The van der Waals surface area contributed by atoms with Gasteiger partial charge in [-0.1, -0.05) is 18.2 Å². The van der Waals surface area contributed by atoms with Gasteiger partial charge in [-0.3, -0.25) is 9.63 Å². The highest BCUT2D eigenvalue weighted by molar-refractivity contribution is 5.96. The molecule has 148 valence electrons. The van der Waals surface area contributed by atoms with Crippen molar-refractivity contribution in [3.05, 3.63) is 65.5 Å². The van der Waals surface area contributed by atoms with Gasteiger partial charge in [0.2, 0.25) is 0 Å². The number of amides is 1. The number of fused-ring (bicyclic) bond motifs is 1. The number of aryl methyl sites for hydroxylation is 1. The Labute approximate surface area is 168 Å². The number of ether oxygens (including phenoxy) is 1. The number of imidazole rings is 1. The molecule has 0 aliphatic heterocycles. The highest BCUT2D eigenvalue weighted by Crippen LogP contribution is 2.31. The first-order valence-electron chi connectivity index (χ1n) is 9.22. The molecule has 0 saturated carbocycles. The molecule has 2 heterocycles. The van der Waals surface area contributed by atoms with Crippen molar-refractivity contribution in [3.8, 4) is 22.9 Å². The van der Waals surface area contributed by atoms with E-state index in [0.717, 1.165) is 39.4 Å². The average molecular weight is 390 g/mol. The van der Waals surface area contributed by atoms with Gasteiger partial charge in [-0.15, -0.1) is 0 Å². The third-order valence-corrected chi connectivity index (χ3v) is 4.88. The molecular formula is C22H22N4O3. The van der Waals surface area contributed by atoms with Gasteiger partial charge in [0, 0.05) is 24.4 Å². The highest BCUT2D eigenvalue weighted by Gasteiger charge is 2.23. The number of hydroxylamine groups is 2. The maximum atomic E-state index is 12.5. The van der Waals surface area contributed by atoms with Gasteiger partial charge in [0.15, 0.2) is 0 Å². The first-order valence-corrected chi connectivity index (χ1v) is 9.22. The van der Waals surface area contributed by atoms with Crippen molar-refractivity contribution in [2.75, 3.05) is 14.2 Å². The molecular weight excluding hydrogens is 368 g/mol. The van der Waals surface area contributed by atoms with Crippen LogP contribution in [-0.2, 0) is 4.84 Å². The first-order chi connectivity index (χ1) is 14.0. The normalized spacial score (nSPS) is 11.0. The predicted molar refractivity (Wildman–Crippen MR) is 111 cm³/mol. The van der Waals surface area contributed by atoms with Crippen molar-refractivity contribution in [1.82, 2.24) is 20.0 Å². The van der Waals surface area contributed by atoms with E-state index in [0.29, 0.717) is 11.5 Å². The Balaban J connectivity index is 1.70. The lowest BCUT2D eigenvalue weighted by Gasteiger charge is -2.12. The van der Waals surface area contributed by atoms with E-state index in [-0.39, 0.29) is 5.91 Å². The molecule has 0 atom stereocenters. The summed E-state index contributed by atoms with van der Waals surface area (Å²) in [6, 6.07) is 15.3. The van der Waals surface area contributed by atoms with E-state index in [1.807, 2.05) is 62.4 Å². The Morgan fingerprint density at radius 1 is 1.03 bits per heavy atom. The second-order valence-corrected chi connectivity index (χ2v) is 6.79. The topological polar surface area (TPSA) is 83.2 Å². The zero-order valence-corrected chi connectivity index (χ0v) is 16.7. The molecule has 0 aliphatic carbocycles. The Hall–Kier alpha value is -3.58. The van der Waals surface area contributed by atoms with E-state index in [1.54, 1.807) is 7.05 Å². The van der Waals surface area contributed by atoms with Crippen molar-refractivity contribution in [2.45, 2.75) is 13.8 Å². The van der Waals surface area contributed by atoms with Gasteiger partial charge in [0.05, 0.1) is 18.1 Å². The predicted octanol–water partition coefficient (Wildman–Crippen LogP) is 4.60. The van der Waals surface area contributed by atoms with Gasteiger partial charge in [-0.25, -0.2) is 10.0 Å². The number of nitrogens with zero attached hydrogens (tertiary/aromatic N) is 2. The molecule has 0 saturated heterocycles. The lowest BCUT2D eigenvalue weighted by atomic mass is 10.1. The van der Waals surface area contributed by atoms with Crippen LogP contribution < -0.4 is 4.74 Å². The summed E-state index contributed by atoms with van der Waals surface area (Å²) in [5.41, 5.74) is 4.71. The smallest absolute Gasteiger partial charge is 0.293 e. The maximum Gasteiger partial charge on any atom is 0.293 e. The SMILES string of the molecule is CON(C)C(=O)c1[nH]c(C)c(-c2nc3ccc(Oc4ccccc4)cc3[nH]2)c1C. The largest absolute Gasteiger partial charge is 0.457 e. The molecule has 1 amide bonds. The van der Waals surface area contributed by atoms with Crippen LogP contribution in [0.25, 0.3) is 22.4 Å². The highest BCUT2D eigenvalue weighted by atomic mass is 16.7. The molecule has 0 radical (unpaired) electrons. The van der Waals surface area contributed by atoms with Crippen LogP contribution in [0.4, 0.5) is 0 Å². The molecule has 0 fully saturated rings. The number of H-pyrrole nitrogens is 2. The van der Waals surface area contributed by atoms with E-state index >= 15 is 0 Å². The molecule has 0 aliphatic rings. The quantitative estimate of drug-likeness (QED) is 0.488. The minimum atomic E-state index is -0.242. The van der Waals surface area contributed by atoms with Gasteiger partial charge in [-0.2, -0.15) is 0 Å². The summed E-state index contributed by atoms with van der Waals surface area (Å²) in [7, 11) is 3.03. The third-order valence-electron chi connectivity index (χ3n) is 4.88. The van der Waals surface area contributed by atoms with Gasteiger partial charge < -0.3 is 14.7 Å². The van der Waals surface area contributed by atoms with E-state index < -0.39 is 0 Å². The number of hydrogen-bond donors (Lipinski definition) is 2. The minimum absolute atomic E-state index is 0.242. The van der Waals surface area contributed by atoms with Gasteiger partial charge in [-0.05, 0) is 43.7 Å². The van der Waals surface area contributed by atoms with E-state index in [1.165, 1.54) is 12.2 Å². The third kappa shape index (κ3) is 3.48. The lowest BCUT2D eigenvalue weighted by Crippen LogP contribution is -2.26. The summed E-state index contributed by atoms with van der Waals surface area (Å²) in [6.07, 6.45) is 0. The Bertz CT molecular complexity index is 1180. The van der Waals surface area contributed by atoms with Crippen molar-refractivity contribution in [3.63, 3.8) is 0 Å². The zero-order chi connectivity index (χ0) is 20.5. The van der Waals surface area contributed by atoms with E-state index in [9.17, 15) is 4.79 Å². The second-order valence-electron chi connectivity index (χ2n) is 6.79. The van der Waals surface area contributed by atoms with Crippen molar-refractivity contribution in [1.29, 1.82) is 0 Å². The lowest BCUT2D eigenvalue weighted by molar-refractivity contribution is -0.0760. The second kappa shape index (κ2) is 7.44. The fraction of sp³-hybridized carbons (Fsp3) is 0.182. The number of aromatic amines is 2. The first kappa shape index (κ1) is 18.8. The van der Waals surface area contributed by atoms with E-state index in [2.05, 4.69) is 9.97 Å². The summed E-state index contributed by atoms with van der Waals surface area (Å²) in [4.78, 5) is 28.7. The fourth-order valence-corrected chi connectivity index (χ4v) is 3.35. The standard InChI is InChI=1S/C22H22N4O3/c1-13-19(14(2)23-20(13)22(27)26(3)28-4)21-24-17-11-10-16(12-18(17)25-21)29-15-8-6-5-7-9-15/h5-12,23H,1-4H3,(H,24,25). The van der Waals surface area contributed by atoms with Gasteiger partial charge in [0.1, 0.15) is 23.0 Å². The van der Waals surface area contributed by atoms with Crippen LogP contribution in [0, 0.1) is 13.8 Å². The number of carbonyl (C=O) groups excluding carboxylic acids is 1. The number of benzene rings is 2. The zero-order valence-electron chi connectivity index (χ0n) is 16.7. The van der Waals surface area contributed by atoms with Crippen LogP contribution in [0.5, 0.6) is 11.5 Å². The molecule has 7 heteroatoms. The molecule has 29 heavy (non-hydrogen) atoms. The Morgan fingerprint density at radius 3 is 2.52 bits per heavy atom. The number of nitrogens with one attached hydrogen (secondary N) is 2. The van der Waals surface area contributed by atoms with Gasteiger partial charge in [0.25, 0.3) is 5.91 Å². The van der Waals surface area contributed by atoms with Crippen LogP contribution >= 0.6 is 0 Å². The molecule has 4 rings (SSSR count). The minimum Gasteiger partial charge on any atom is -0.457 e. The fourth-order valence-electron chi connectivity index (χ4n) is 3.35. The van der Waals surface area contributed by atoms with Gasteiger partial charge >= 0.3 is 0 Å². The number of rotatable bonds is 5. The Morgan fingerprint density at radius 2 is 1.79 bits per heavy atom. The van der Waals surface area contributed by atoms with Crippen molar-refractivity contribution < 1.29 is 14.4 Å². The van der Waals surface area contributed by atoms with Crippen LogP contribution in [0.1, 0.15) is 21.7 Å². The molecule has 2 aromatic carbocycles. The van der Waals surface area contributed by atoms with Crippen molar-refractivity contribution in [2.24, 2.45) is 0 Å². The average Bonchev–Trinajstić information content (AvgIpc) is 3.26. The number of aromatic nitrogens is 3. The monoisotopic (exact) mass is 390 g/mol. The number of para-hydroxylation sites is 1. The molecule has 0 bridgehead atoms. The molecule has 4 aromatic rings. The number of hydrogen-bond acceptors (Lipinski definition) is 4. The van der Waals surface area contributed by atoms with Crippen molar-refractivity contribution >= 4 is 16.9 Å². The van der Waals surface area contributed by atoms with Crippen LogP contribution in [0.2, 0.25) is 0 Å². The summed E-state index contributed by atoms with van der Waals surface area (Å²) >= 11 is 0. The van der Waals surface area contributed by atoms with Crippen LogP contribution in [0.15, 0.2) is 48.5 Å². The molecule has 2 aromatic heterocycles.